The molecule has 0 spiro atoms. The molecule has 0 radical (unpaired) electrons. The number of hydrogen-bond donors (Lipinski definition) is 0. The molecule has 0 amide bonds. The molecule has 0 aromatic heterocycles. The zero-order chi connectivity index (χ0) is 24.8. The number of fused-ring (bicyclic) bond motifs is 3. The highest BCUT2D eigenvalue weighted by Crippen LogP contribution is 2.46. The quantitative estimate of drug-likeness (QED) is 0.225. The predicted molar refractivity (Wildman–Crippen MR) is 160 cm³/mol. The zero-order valence-electron chi connectivity index (χ0n) is 20.8. The van der Waals surface area contributed by atoms with Crippen LogP contribution in [0.25, 0.3) is 65.7 Å². The molecule has 37 heavy (non-hydrogen) atoms. The average Bonchev–Trinajstić information content (AvgIpc) is 2.95. The number of aryl methyl sites for hydroxylation is 1. The van der Waals surface area contributed by atoms with Gasteiger partial charge >= 0.3 is 0 Å². The molecular weight excluding hydrogens is 444 g/mol. The van der Waals surface area contributed by atoms with Crippen LogP contribution < -0.4 is 0 Å². The Kier molecular flexibility index (Phi) is 5.11. The first-order chi connectivity index (χ1) is 18.3. The van der Waals surface area contributed by atoms with Crippen molar-refractivity contribution >= 4 is 32.3 Å². The third-order valence-corrected chi connectivity index (χ3v) is 7.50. The predicted octanol–water partition coefficient (Wildman–Crippen LogP) is 10.5. The summed E-state index contributed by atoms with van der Waals surface area (Å²) < 4.78 is 0. The largest absolute Gasteiger partial charge is 0.0616 e. The SMILES string of the molecule is Cc1cccc(-c2ccccc2-c2c3ccccc3c(-c3ccc4ccccc4c3)c3ccccc23)c1. The van der Waals surface area contributed by atoms with Gasteiger partial charge < -0.3 is 0 Å². The lowest BCUT2D eigenvalue weighted by Crippen LogP contribution is -1.93. The maximum atomic E-state index is 2.34. The van der Waals surface area contributed by atoms with Gasteiger partial charge in [-0.25, -0.2) is 0 Å². The normalized spacial score (nSPS) is 11.4. The van der Waals surface area contributed by atoms with Crippen LogP contribution in [-0.4, -0.2) is 0 Å². The summed E-state index contributed by atoms with van der Waals surface area (Å²) in [6.07, 6.45) is 0. The van der Waals surface area contributed by atoms with Gasteiger partial charge in [-0.3, -0.25) is 0 Å². The highest BCUT2D eigenvalue weighted by molar-refractivity contribution is 6.22. The van der Waals surface area contributed by atoms with Crippen molar-refractivity contribution in [2.45, 2.75) is 6.92 Å². The van der Waals surface area contributed by atoms with Crippen LogP contribution in [0.4, 0.5) is 0 Å². The van der Waals surface area contributed by atoms with Crippen LogP contribution in [0.5, 0.6) is 0 Å². The van der Waals surface area contributed by atoms with Crippen molar-refractivity contribution < 1.29 is 0 Å². The molecule has 0 unspecified atom stereocenters. The Labute approximate surface area is 217 Å². The highest BCUT2D eigenvalue weighted by atomic mass is 14.2. The molecular formula is C37H26. The minimum atomic E-state index is 1.25. The van der Waals surface area contributed by atoms with Gasteiger partial charge in [-0.15, -0.1) is 0 Å². The molecule has 174 valence electrons. The van der Waals surface area contributed by atoms with Crippen LogP contribution in [0.3, 0.4) is 0 Å². The first-order valence-electron chi connectivity index (χ1n) is 12.9. The number of benzene rings is 7. The summed E-state index contributed by atoms with van der Waals surface area (Å²) >= 11 is 0. The second-order valence-corrected chi connectivity index (χ2v) is 9.82. The zero-order valence-corrected chi connectivity index (χ0v) is 20.8. The van der Waals surface area contributed by atoms with Gasteiger partial charge in [0.1, 0.15) is 0 Å². The van der Waals surface area contributed by atoms with E-state index in [1.807, 2.05) is 0 Å². The van der Waals surface area contributed by atoms with Gasteiger partial charge in [0, 0.05) is 0 Å². The van der Waals surface area contributed by atoms with Crippen molar-refractivity contribution in [3.8, 4) is 33.4 Å². The van der Waals surface area contributed by atoms with Gasteiger partial charge in [0.25, 0.3) is 0 Å². The molecule has 0 aliphatic rings. The molecule has 7 rings (SSSR count). The molecule has 0 aliphatic carbocycles. The fourth-order valence-corrected chi connectivity index (χ4v) is 5.84. The van der Waals surface area contributed by atoms with E-state index in [-0.39, 0.29) is 0 Å². The Morgan fingerprint density at radius 2 is 0.919 bits per heavy atom. The first kappa shape index (κ1) is 21.6. The molecule has 0 bridgehead atoms. The van der Waals surface area contributed by atoms with E-state index in [4.69, 9.17) is 0 Å². The standard InChI is InChI=1S/C37H26/c1-25-11-10-14-28(23-25)30-15-4-5-16-31(30)37-34-19-8-6-17-32(34)36(33-18-7-9-20-35(33)37)29-22-21-26-12-2-3-13-27(26)24-29/h2-24H,1H3. The summed E-state index contributed by atoms with van der Waals surface area (Å²) in [6, 6.07) is 50.9. The maximum absolute atomic E-state index is 2.34. The van der Waals surface area contributed by atoms with Gasteiger partial charge in [-0.2, -0.15) is 0 Å². The highest BCUT2D eigenvalue weighted by Gasteiger charge is 2.18. The minimum Gasteiger partial charge on any atom is -0.0616 e. The smallest absolute Gasteiger partial charge is 0.00201 e. The third kappa shape index (κ3) is 3.61. The van der Waals surface area contributed by atoms with Gasteiger partial charge in [-0.05, 0) is 78.7 Å². The van der Waals surface area contributed by atoms with Crippen molar-refractivity contribution in [3.63, 3.8) is 0 Å². The maximum Gasteiger partial charge on any atom is -0.00201 e. The topological polar surface area (TPSA) is 0 Å². The van der Waals surface area contributed by atoms with Crippen LogP contribution in [0, 0.1) is 6.92 Å². The molecule has 0 aliphatic heterocycles. The molecule has 0 saturated heterocycles. The number of rotatable bonds is 3. The fraction of sp³-hybridized carbons (Fsp3) is 0.0270. The van der Waals surface area contributed by atoms with Crippen molar-refractivity contribution in [3.05, 3.63) is 145 Å². The lowest BCUT2D eigenvalue weighted by molar-refractivity contribution is 1.47. The Morgan fingerprint density at radius 1 is 0.351 bits per heavy atom. The Bertz CT molecular complexity index is 1880. The number of hydrogen-bond acceptors (Lipinski definition) is 0. The van der Waals surface area contributed by atoms with E-state index in [1.165, 1.54) is 71.3 Å². The second kappa shape index (κ2) is 8.76. The summed E-state index contributed by atoms with van der Waals surface area (Å²) in [5.74, 6) is 0. The first-order valence-corrected chi connectivity index (χ1v) is 12.9. The summed E-state index contributed by atoms with van der Waals surface area (Å²) in [5.41, 5.74) is 8.91. The fourth-order valence-electron chi connectivity index (χ4n) is 5.84. The monoisotopic (exact) mass is 470 g/mol. The Balaban J connectivity index is 1.60. The van der Waals surface area contributed by atoms with Crippen molar-refractivity contribution in [1.29, 1.82) is 0 Å². The van der Waals surface area contributed by atoms with E-state index in [9.17, 15) is 0 Å². The van der Waals surface area contributed by atoms with Crippen LogP contribution in [0.15, 0.2) is 140 Å². The van der Waals surface area contributed by atoms with E-state index in [2.05, 4.69) is 146 Å². The Morgan fingerprint density at radius 3 is 1.59 bits per heavy atom. The molecule has 0 N–H and O–H groups in total. The molecule has 0 fully saturated rings. The second-order valence-electron chi connectivity index (χ2n) is 9.82. The van der Waals surface area contributed by atoms with Crippen LogP contribution in [-0.2, 0) is 0 Å². The van der Waals surface area contributed by atoms with E-state index in [1.54, 1.807) is 0 Å². The van der Waals surface area contributed by atoms with Crippen LogP contribution in [0.2, 0.25) is 0 Å². The van der Waals surface area contributed by atoms with Gasteiger partial charge in [-0.1, -0.05) is 139 Å². The van der Waals surface area contributed by atoms with E-state index in [0.717, 1.165) is 0 Å². The lowest BCUT2D eigenvalue weighted by Gasteiger charge is -2.20. The molecule has 7 aromatic carbocycles. The molecule has 0 nitrogen and oxygen atoms in total. The Hall–Kier alpha value is -4.68. The third-order valence-electron chi connectivity index (χ3n) is 7.50. The summed E-state index contributed by atoms with van der Waals surface area (Å²) in [7, 11) is 0. The molecule has 0 saturated carbocycles. The summed E-state index contributed by atoms with van der Waals surface area (Å²) in [6.45, 7) is 2.16. The van der Waals surface area contributed by atoms with E-state index < -0.39 is 0 Å². The molecule has 0 atom stereocenters. The van der Waals surface area contributed by atoms with E-state index in [0.29, 0.717) is 0 Å². The van der Waals surface area contributed by atoms with Gasteiger partial charge in [0.2, 0.25) is 0 Å². The lowest BCUT2D eigenvalue weighted by atomic mass is 9.83. The van der Waals surface area contributed by atoms with Crippen LogP contribution in [0.1, 0.15) is 5.56 Å². The molecule has 0 heteroatoms. The molecule has 7 aromatic rings. The summed E-state index contributed by atoms with van der Waals surface area (Å²) in [4.78, 5) is 0. The summed E-state index contributed by atoms with van der Waals surface area (Å²) in [5, 5.41) is 7.66. The van der Waals surface area contributed by atoms with Gasteiger partial charge in [0.05, 0.1) is 0 Å². The molecule has 0 heterocycles. The van der Waals surface area contributed by atoms with E-state index >= 15 is 0 Å². The van der Waals surface area contributed by atoms with Crippen LogP contribution >= 0.6 is 0 Å². The van der Waals surface area contributed by atoms with Crippen molar-refractivity contribution in [2.75, 3.05) is 0 Å². The van der Waals surface area contributed by atoms with Crippen molar-refractivity contribution in [1.82, 2.24) is 0 Å². The minimum absolute atomic E-state index is 1.25. The average molecular weight is 471 g/mol. The van der Waals surface area contributed by atoms with Crippen molar-refractivity contribution in [2.24, 2.45) is 0 Å². The van der Waals surface area contributed by atoms with Gasteiger partial charge in [0.15, 0.2) is 0 Å².